The van der Waals surface area contributed by atoms with E-state index in [4.69, 9.17) is 4.74 Å². The van der Waals surface area contributed by atoms with E-state index >= 15 is 0 Å². The van der Waals surface area contributed by atoms with E-state index in [1.807, 2.05) is 22.9 Å². The van der Waals surface area contributed by atoms with Gasteiger partial charge in [-0.05, 0) is 45.4 Å². The van der Waals surface area contributed by atoms with Crippen LogP contribution in [0.1, 0.15) is 37.6 Å². The third kappa shape index (κ3) is 4.60. The number of ether oxygens (including phenoxy) is 1. The van der Waals surface area contributed by atoms with Gasteiger partial charge < -0.3 is 10.1 Å². The van der Waals surface area contributed by atoms with Crippen LogP contribution < -0.4 is 10.1 Å². The second-order valence-electron chi connectivity index (χ2n) is 6.39. The van der Waals surface area contributed by atoms with E-state index in [2.05, 4.69) is 50.4 Å². The number of rotatable bonds is 5. The van der Waals surface area contributed by atoms with Crippen molar-refractivity contribution in [2.75, 3.05) is 7.11 Å². The number of aryl methyl sites for hydroxylation is 1. The Morgan fingerprint density at radius 3 is 2.71 bits per heavy atom. The van der Waals surface area contributed by atoms with Crippen molar-refractivity contribution in [3.8, 4) is 5.75 Å². The first-order valence-corrected chi connectivity index (χ1v) is 7.28. The molecule has 2 rings (SSSR count). The summed E-state index contributed by atoms with van der Waals surface area (Å²) in [5, 5.41) is 8.10. The summed E-state index contributed by atoms with van der Waals surface area (Å²) in [6, 6.07) is 8.10. The number of nitrogens with zero attached hydrogens (tertiary/aromatic N) is 2. The maximum absolute atomic E-state index is 5.26. The van der Waals surface area contributed by atoms with E-state index in [0.717, 1.165) is 24.5 Å². The maximum atomic E-state index is 5.26. The SMILES string of the molecule is COc1cccc(Cn2cc(CNC(C)(C)C)c(C)n2)c1. The van der Waals surface area contributed by atoms with Crippen LogP contribution in [0.2, 0.25) is 0 Å². The third-order valence-electron chi connectivity index (χ3n) is 3.34. The van der Waals surface area contributed by atoms with Gasteiger partial charge in [0.15, 0.2) is 0 Å². The quantitative estimate of drug-likeness (QED) is 0.918. The van der Waals surface area contributed by atoms with Gasteiger partial charge in [-0.2, -0.15) is 5.10 Å². The van der Waals surface area contributed by atoms with Crippen LogP contribution in [0, 0.1) is 6.92 Å². The summed E-state index contributed by atoms with van der Waals surface area (Å²) in [5.74, 6) is 0.881. The van der Waals surface area contributed by atoms with Crippen molar-refractivity contribution in [3.05, 3.63) is 47.3 Å². The molecule has 114 valence electrons. The fourth-order valence-corrected chi connectivity index (χ4v) is 2.13. The molecule has 0 atom stereocenters. The molecule has 0 amide bonds. The van der Waals surface area contributed by atoms with Crippen LogP contribution in [0.4, 0.5) is 0 Å². The number of hydrogen-bond donors (Lipinski definition) is 1. The van der Waals surface area contributed by atoms with Crippen LogP contribution in [-0.2, 0) is 13.1 Å². The van der Waals surface area contributed by atoms with E-state index < -0.39 is 0 Å². The molecule has 0 unspecified atom stereocenters. The Morgan fingerprint density at radius 1 is 1.29 bits per heavy atom. The molecule has 0 saturated heterocycles. The Kier molecular flexibility index (Phi) is 4.68. The fourth-order valence-electron chi connectivity index (χ4n) is 2.13. The van der Waals surface area contributed by atoms with E-state index in [-0.39, 0.29) is 5.54 Å². The number of methoxy groups -OCH3 is 1. The fraction of sp³-hybridized carbons (Fsp3) is 0.471. The molecular weight excluding hydrogens is 262 g/mol. The molecule has 0 fully saturated rings. The summed E-state index contributed by atoms with van der Waals surface area (Å²) in [6.07, 6.45) is 2.12. The normalized spacial score (nSPS) is 11.7. The lowest BCUT2D eigenvalue weighted by Gasteiger charge is -2.20. The molecule has 1 aromatic heterocycles. The largest absolute Gasteiger partial charge is 0.497 e. The lowest BCUT2D eigenvalue weighted by atomic mass is 10.1. The van der Waals surface area contributed by atoms with Gasteiger partial charge in [-0.1, -0.05) is 12.1 Å². The minimum atomic E-state index is 0.112. The van der Waals surface area contributed by atoms with Crippen LogP contribution in [0.25, 0.3) is 0 Å². The zero-order valence-electron chi connectivity index (χ0n) is 13.6. The molecule has 1 N–H and O–H groups in total. The summed E-state index contributed by atoms with van der Waals surface area (Å²) >= 11 is 0. The highest BCUT2D eigenvalue weighted by Gasteiger charge is 2.11. The molecule has 0 saturated carbocycles. The highest BCUT2D eigenvalue weighted by atomic mass is 16.5. The van der Waals surface area contributed by atoms with Crippen LogP contribution in [0.3, 0.4) is 0 Å². The van der Waals surface area contributed by atoms with Crippen LogP contribution in [0.15, 0.2) is 30.5 Å². The molecule has 0 aliphatic rings. The molecule has 0 aliphatic heterocycles. The molecule has 1 heterocycles. The van der Waals surface area contributed by atoms with E-state index in [1.54, 1.807) is 7.11 Å². The van der Waals surface area contributed by atoms with Crippen molar-refractivity contribution < 1.29 is 4.74 Å². The Bertz CT molecular complexity index is 596. The zero-order valence-corrected chi connectivity index (χ0v) is 13.6. The smallest absolute Gasteiger partial charge is 0.119 e. The van der Waals surface area contributed by atoms with Gasteiger partial charge in [-0.25, -0.2) is 0 Å². The second kappa shape index (κ2) is 6.31. The predicted octanol–water partition coefficient (Wildman–Crippen LogP) is 3.14. The first-order chi connectivity index (χ1) is 9.87. The van der Waals surface area contributed by atoms with Crippen molar-refractivity contribution >= 4 is 0 Å². The maximum Gasteiger partial charge on any atom is 0.119 e. The van der Waals surface area contributed by atoms with E-state index in [0.29, 0.717) is 0 Å². The topological polar surface area (TPSA) is 39.1 Å². The standard InChI is InChI=1S/C17H25N3O/c1-13-15(10-18-17(2,3)4)12-20(19-13)11-14-7-6-8-16(9-14)21-5/h6-9,12,18H,10-11H2,1-5H3. The van der Waals surface area contributed by atoms with Gasteiger partial charge in [0.2, 0.25) is 0 Å². The molecular formula is C17H25N3O. The number of hydrogen-bond acceptors (Lipinski definition) is 3. The van der Waals surface area contributed by atoms with Gasteiger partial charge in [0.1, 0.15) is 5.75 Å². The van der Waals surface area contributed by atoms with Gasteiger partial charge in [0.25, 0.3) is 0 Å². The minimum absolute atomic E-state index is 0.112. The van der Waals surface area contributed by atoms with Crippen molar-refractivity contribution in [2.24, 2.45) is 0 Å². The molecule has 0 bridgehead atoms. The highest BCUT2D eigenvalue weighted by molar-refractivity contribution is 5.28. The third-order valence-corrected chi connectivity index (χ3v) is 3.34. The summed E-state index contributed by atoms with van der Waals surface area (Å²) in [5.41, 5.74) is 3.62. The average Bonchev–Trinajstić information content (AvgIpc) is 2.76. The Balaban J connectivity index is 2.07. The zero-order chi connectivity index (χ0) is 15.5. The summed E-state index contributed by atoms with van der Waals surface area (Å²) < 4.78 is 7.25. The Hall–Kier alpha value is -1.81. The lowest BCUT2D eigenvalue weighted by Crippen LogP contribution is -2.35. The molecule has 2 aromatic rings. The molecule has 4 nitrogen and oxygen atoms in total. The first kappa shape index (κ1) is 15.6. The number of benzene rings is 1. The molecule has 0 radical (unpaired) electrons. The van der Waals surface area contributed by atoms with Gasteiger partial charge in [-0.3, -0.25) is 4.68 Å². The van der Waals surface area contributed by atoms with Crippen molar-refractivity contribution in [1.82, 2.24) is 15.1 Å². The number of nitrogens with one attached hydrogen (secondary N) is 1. The number of aromatic nitrogens is 2. The first-order valence-electron chi connectivity index (χ1n) is 7.28. The second-order valence-corrected chi connectivity index (χ2v) is 6.39. The molecule has 1 aromatic carbocycles. The molecule has 0 spiro atoms. The molecule has 21 heavy (non-hydrogen) atoms. The lowest BCUT2D eigenvalue weighted by molar-refractivity contribution is 0.414. The summed E-state index contributed by atoms with van der Waals surface area (Å²) in [4.78, 5) is 0. The van der Waals surface area contributed by atoms with Crippen LogP contribution in [0.5, 0.6) is 5.75 Å². The van der Waals surface area contributed by atoms with Crippen molar-refractivity contribution in [3.63, 3.8) is 0 Å². The molecule has 0 aliphatic carbocycles. The summed E-state index contributed by atoms with van der Waals surface area (Å²) in [7, 11) is 1.69. The van der Waals surface area contributed by atoms with E-state index in [1.165, 1.54) is 11.1 Å². The van der Waals surface area contributed by atoms with Crippen LogP contribution >= 0.6 is 0 Å². The minimum Gasteiger partial charge on any atom is -0.497 e. The monoisotopic (exact) mass is 287 g/mol. The highest BCUT2D eigenvalue weighted by Crippen LogP contribution is 2.15. The average molecular weight is 287 g/mol. The van der Waals surface area contributed by atoms with Crippen molar-refractivity contribution in [2.45, 2.75) is 46.3 Å². The summed E-state index contributed by atoms with van der Waals surface area (Å²) in [6.45, 7) is 10.2. The van der Waals surface area contributed by atoms with Gasteiger partial charge in [0.05, 0.1) is 19.3 Å². The van der Waals surface area contributed by atoms with Gasteiger partial charge in [-0.15, -0.1) is 0 Å². The van der Waals surface area contributed by atoms with E-state index in [9.17, 15) is 0 Å². The Labute approximate surface area is 127 Å². The van der Waals surface area contributed by atoms with Gasteiger partial charge in [0, 0.05) is 23.8 Å². The predicted molar refractivity (Wildman–Crippen MR) is 85.7 cm³/mol. The van der Waals surface area contributed by atoms with Crippen molar-refractivity contribution in [1.29, 1.82) is 0 Å². The Morgan fingerprint density at radius 2 is 2.05 bits per heavy atom. The molecule has 4 heteroatoms. The van der Waals surface area contributed by atoms with Gasteiger partial charge >= 0.3 is 0 Å². The van der Waals surface area contributed by atoms with Crippen LogP contribution in [-0.4, -0.2) is 22.4 Å².